The third kappa shape index (κ3) is 2.94. The Morgan fingerprint density at radius 1 is 1.31 bits per heavy atom. The van der Waals surface area contributed by atoms with Gasteiger partial charge in [-0.1, -0.05) is 51.0 Å². The Morgan fingerprint density at radius 2 is 1.93 bits per heavy atom. The average molecular weight is 401 g/mol. The van der Waals surface area contributed by atoms with Gasteiger partial charge in [0, 0.05) is 28.2 Å². The molecule has 0 spiro atoms. The molecular weight excluding hydrogens is 364 g/mol. The molecule has 29 heavy (non-hydrogen) atoms. The van der Waals surface area contributed by atoms with Gasteiger partial charge in [-0.25, -0.2) is 0 Å². The van der Waals surface area contributed by atoms with Crippen LogP contribution in [0.4, 0.5) is 0 Å². The Kier molecular flexibility index (Phi) is 5.40. The summed E-state index contributed by atoms with van der Waals surface area (Å²) in [4.78, 5) is 12.8. The Labute approximate surface area is 174 Å². The quantitative estimate of drug-likeness (QED) is 0.676. The van der Waals surface area contributed by atoms with E-state index in [9.17, 15) is 9.90 Å². The largest absolute Gasteiger partial charge is 0.468 e. The third-order valence-electron chi connectivity index (χ3n) is 7.88. The number of aliphatic hydroxyl groups excluding tert-OH is 1. The van der Waals surface area contributed by atoms with E-state index in [1.807, 2.05) is 13.8 Å². The molecule has 1 saturated carbocycles. The third-order valence-corrected chi connectivity index (χ3v) is 7.88. The number of ether oxygens (including phenoxy) is 1. The molecule has 0 unspecified atom stereocenters. The van der Waals surface area contributed by atoms with Crippen LogP contribution in [-0.4, -0.2) is 18.3 Å². The molecule has 3 rings (SSSR count). The summed E-state index contributed by atoms with van der Waals surface area (Å²) in [5.41, 5.74) is 3.53. The van der Waals surface area contributed by atoms with Crippen molar-refractivity contribution in [1.82, 2.24) is 0 Å². The van der Waals surface area contributed by atoms with E-state index in [0.717, 1.165) is 12.2 Å². The molecule has 0 aromatic carbocycles. The summed E-state index contributed by atoms with van der Waals surface area (Å²) in [5, 5.41) is 10.2. The monoisotopic (exact) mass is 400 g/mol. The molecule has 1 heterocycles. The summed E-state index contributed by atoms with van der Waals surface area (Å²) in [5.74, 6) is 1.79. The molecule has 0 radical (unpaired) electrons. The van der Waals surface area contributed by atoms with E-state index in [2.05, 4.69) is 46.8 Å². The summed E-state index contributed by atoms with van der Waals surface area (Å²) in [6.45, 7) is 16.5. The summed E-state index contributed by atoms with van der Waals surface area (Å²) in [6.07, 6.45) is 5.01. The first-order valence-electron chi connectivity index (χ1n) is 10.7. The highest BCUT2D eigenvalue weighted by Gasteiger charge is 2.77. The maximum atomic E-state index is 12.8. The van der Waals surface area contributed by atoms with Crippen molar-refractivity contribution in [2.75, 3.05) is 7.11 Å². The number of fused-ring (bicyclic) bond motifs is 1. The first-order valence-corrected chi connectivity index (χ1v) is 10.7. The minimum Gasteiger partial charge on any atom is -0.468 e. The van der Waals surface area contributed by atoms with Gasteiger partial charge in [-0.15, -0.1) is 0 Å². The number of rotatable bonds is 6. The predicted molar refractivity (Wildman–Crippen MR) is 116 cm³/mol. The van der Waals surface area contributed by atoms with Gasteiger partial charge in [-0.3, -0.25) is 4.79 Å². The van der Waals surface area contributed by atoms with Gasteiger partial charge in [0.05, 0.1) is 18.8 Å². The van der Waals surface area contributed by atoms with Crippen molar-refractivity contribution in [2.45, 2.75) is 73.3 Å². The summed E-state index contributed by atoms with van der Waals surface area (Å²) >= 11 is 0. The van der Waals surface area contributed by atoms with Crippen LogP contribution in [-0.2, 0) is 5.41 Å². The molecule has 4 nitrogen and oxygen atoms in total. The standard InChI is InChI=1S/C25H36O4/c1-10-18(26)13(2)11-14(3)19-15(4)12-24(7)21(19)25(24,8)22-16(5)20(27)17(6)23(28-9)29-22/h11-13,18-19,21,26H,10H2,1-9H3/b14-11+/t13-,18-,19+,21-,24+,25-/m1/s1. The SMILES string of the molecule is CC[C@@H](O)[C@H](C)/C=C(\C)[C@H]1C(C)=C[C@@]2(C)[C@@H]1[C@]2(C)c1oc(OC)c(C)c(=O)c1C. The second-order valence-electron chi connectivity index (χ2n) is 9.58. The van der Waals surface area contributed by atoms with E-state index in [-0.39, 0.29) is 34.2 Å². The fraction of sp³-hybridized carbons (Fsp3) is 0.640. The van der Waals surface area contributed by atoms with E-state index in [4.69, 9.17) is 9.15 Å². The number of methoxy groups -OCH3 is 1. The van der Waals surface area contributed by atoms with Crippen molar-refractivity contribution in [3.8, 4) is 5.95 Å². The van der Waals surface area contributed by atoms with E-state index in [1.165, 1.54) is 11.1 Å². The van der Waals surface area contributed by atoms with Gasteiger partial charge < -0.3 is 14.3 Å². The van der Waals surface area contributed by atoms with Crippen LogP contribution in [0.3, 0.4) is 0 Å². The first kappa shape index (κ1) is 21.9. The lowest BCUT2D eigenvalue weighted by molar-refractivity contribution is 0.133. The van der Waals surface area contributed by atoms with Crippen LogP contribution in [0.5, 0.6) is 5.95 Å². The number of allylic oxidation sites excluding steroid dienone is 3. The zero-order chi connectivity index (χ0) is 21.9. The molecule has 1 N–H and O–H groups in total. The lowest BCUT2D eigenvalue weighted by Gasteiger charge is -2.25. The fourth-order valence-corrected chi connectivity index (χ4v) is 6.04. The van der Waals surface area contributed by atoms with Gasteiger partial charge in [0.25, 0.3) is 5.95 Å². The molecule has 4 heteroatoms. The van der Waals surface area contributed by atoms with E-state index in [0.29, 0.717) is 23.0 Å². The zero-order valence-corrected chi connectivity index (χ0v) is 19.3. The molecule has 1 fully saturated rings. The van der Waals surface area contributed by atoms with Gasteiger partial charge in [0.15, 0.2) is 5.43 Å². The minimum atomic E-state index is -0.325. The molecule has 2 aliphatic carbocycles. The Bertz CT molecular complexity index is 937. The van der Waals surface area contributed by atoms with Crippen LogP contribution >= 0.6 is 0 Å². The topological polar surface area (TPSA) is 59.7 Å². The van der Waals surface area contributed by atoms with Crippen LogP contribution in [0, 0.1) is 37.0 Å². The molecule has 0 amide bonds. The van der Waals surface area contributed by atoms with Crippen LogP contribution in [0.25, 0.3) is 0 Å². The lowest BCUT2D eigenvalue weighted by Crippen LogP contribution is -2.23. The van der Waals surface area contributed by atoms with Crippen molar-refractivity contribution >= 4 is 0 Å². The molecule has 160 valence electrons. The van der Waals surface area contributed by atoms with E-state index >= 15 is 0 Å². The van der Waals surface area contributed by atoms with Gasteiger partial charge >= 0.3 is 0 Å². The van der Waals surface area contributed by atoms with Crippen molar-refractivity contribution in [3.63, 3.8) is 0 Å². The van der Waals surface area contributed by atoms with E-state index in [1.54, 1.807) is 14.0 Å². The normalized spacial score (nSPS) is 33.2. The second kappa shape index (κ2) is 7.16. The van der Waals surface area contributed by atoms with Crippen molar-refractivity contribution < 1.29 is 14.3 Å². The number of aliphatic hydroxyl groups is 1. The highest BCUT2D eigenvalue weighted by atomic mass is 16.6. The maximum Gasteiger partial charge on any atom is 0.291 e. The molecule has 0 bridgehead atoms. The average Bonchev–Trinajstić information content (AvgIpc) is 2.98. The maximum absolute atomic E-state index is 12.8. The first-order chi connectivity index (χ1) is 13.4. The lowest BCUT2D eigenvalue weighted by atomic mass is 9.81. The van der Waals surface area contributed by atoms with Crippen LogP contribution in [0.15, 0.2) is 32.5 Å². The van der Waals surface area contributed by atoms with Crippen LogP contribution < -0.4 is 10.2 Å². The van der Waals surface area contributed by atoms with Crippen molar-refractivity contribution in [3.05, 3.63) is 50.4 Å². The van der Waals surface area contributed by atoms with Gasteiger partial charge in [-0.05, 0) is 40.0 Å². The Balaban J connectivity index is 2.07. The molecule has 6 atom stereocenters. The Morgan fingerprint density at radius 3 is 2.48 bits per heavy atom. The molecule has 0 saturated heterocycles. The van der Waals surface area contributed by atoms with Crippen LogP contribution in [0.1, 0.15) is 64.9 Å². The fourth-order valence-electron chi connectivity index (χ4n) is 6.04. The summed E-state index contributed by atoms with van der Waals surface area (Å²) < 4.78 is 11.6. The van der Waals surface area contributed by atoms with Crippen molar-refractivity contribution in [2.24, 2.45) is 23.2 Å². The minimum absolute atomic E-state index is 0.00195. The van der Waals surface area contributed by atoms with Gasteiger partial charge in [0.1, 0.15) is 5.76 Å². The highest BCUT2D eigenvalue weighted by molar-refractivity contribution is 5.52. The zero-order valence-electron chi connectivity index (χ0n) is 19.3. The molecule has 0 aliphatic heterocycles. The number of hydrogen-bond donors (Lipinski definition) is 1. The van der Waals surface area contributed by atoms with Gasteiger partial charge in [-0.2, -0.15) is 0 Å². The van der Waals surface area contributed by atoms with Crippen LogP contribution in [0.2, 0.25) is 0 Å². The Hall–Kier alpha value is -1.81. The molecule has 1 aromatic heterocycles. The summed E-state index contributed by atoms with van der Waals surface area (Å²) in [7, 11) is 1.54. The molecule has 1 aromatic rings. The molecular formula is C25H36O4. The highest BCUT2D eigenvalue weighted by Crippen LogP contribution is 2.78. The smallest absolute Gasteiger partial charge is 0.291 e. The predicted octanol–water partition coefficient (Wildman–Crippen LogP) is 5.09. The van der Waals surface area contributed by atoms with Gasteiger partial charge in [0.2, 0.25) is 0 Å². The second-order valence-corrected chi connectivity index (χ2v) is 9.58. The molecule has 2 aliphatic rings. The number of hydrogen-bond acceptors (Lipinski definition) is 4. The van der Waals surface area contributed by atoms with Crippen molar-refractivity contribution in [1.29, 1.82) is 0 Å². The van der Waals surface area contributed by atoms with E-state index < -0.39 is 0 Å². The summed E-state index contributed by atoms with van der Waals surface area (Å²) in [6, 6.07) is 0.